The number of nitrogens with zero attached hydrogens (tertiary/aromatic N) is 2. The van der Waals surface area contributed by atoms with Crippen LogP contribution in [-0.4, -0.2) is 61.7 Å². The van der Waals surface area contributed by atoms with Gasteiger partial charge in [0.15, 0.2) is 0 Å². The Kier molecular flexibility index (Phi) is 6.77. The molecular weight excluding hydrogens is 414 g/mol. The van der Waals surface area contributed by atoms with E-state index < -0.39 is 0 Å². The first-order valence-corrected chi connectivity index (χ1v) is 11.7. The van der Waals surface area contributed by atoms with Gasteiger partial charge in [-0.3, -0.25) is 9.69 Å². The summed E-state index contributed by atoms with van der Waals surface area (Å²) in [7, 11) is 1.39. The Labute approximate surface area is 186 Å². The molecule has 0 saturated carbocycles. The molecule has 0 spiro atoms. The molecule has 0 atom stereocenters. The van der Waals surface area contributed by atoms with Crippen molar-refractivity contribution in [1.29, 1.82) is 0 Å². The number of ether oxygens (including phenoxy) is 1. The van der Waals surface area contributed by atoms with E-state index in [4.69, 9.17) is 4.74 Å². The zero-order valence-corrected chi connectivity index (χ0v) is 18.7. The predicted molar refractivity (Wildman–Crippen MR) is 122 cm³/mol. The average Bonchev–Trinajstić information content (AvgIpc) is 2.94. The molecule has 4 rings (SSSR count). The predicted octanol–water partition coefficient (Wildman–Crippen LogP) is 3.27. The second kappa shape index (κ2) is 9.70. The van der Waals surface area contributed by atoms with E-state index in [0.717, 1.165) is 69.5 Å². The van der Waals surface area contributed by atoms with Gasteiger partial charge in [-0.2, -0.15) is 0 Å². The van der Waals surface area contributed by atoms with E-state index in [1.165, 1.54) is 23.3 Å². The van der Waals surface area contributed by atoms with Gasteiger partial charge >= 0.3 is 5.97 Å². The number of aromatic hydroxyl groups is 1. The zero-order chi connectivity index (χ0) is 21.8. The number of amides is 1. The molecule has 7 nitrogen and oxygen atoms in total. The zero-order valence-electron chi connectivity index (χ0n) is 17.9. The molecular formula is C23H29N3O4S. The van der Waals surface area contributed by atoms with Crippen LogP contribution in [0.2, 0.25) is 0 Å². The van der Waals surface area contributed by atoms with Gasteiger partial charge in [-0.25, -0.2) is 4.79 Å². The molecule has 0 bridgehead atoms. The SMILES string of the molecule is COC(=O)c1c(NC(=O)CN2CCN(c3ccccc3O)CC2)sc2c1CCCCC2. The molecule has 2 aliphatic rings. The fraction of sp³-hybridized carbons (Fsp3) is 0.478. The van der Waals surface area contributed by atoms with E-state index in [1.807, 2.05) is 18.2 Å². The van der Waals surface area contributed by atoms with Crippen LogP contribution in [0.25, 0.3) is 0 Å². The standard InChI is InChI=1S/C23H29N3O4S/c1-30-23(29)21-16-7-3-2-4-10-19(16)31-22(21)24-20(28)15-25-11-13-26(14-12-25)17-8-5-6-9-18(17)27/h5-6,8-9,27H,2-4,7,10-15H2,1H3,(H,24,28). The number of carbonyl (C=O) groups is 2. The van der Waals surface area contributed by atoms with Crippen LogP contribution in [0.5, 0.6) is 5.75 Å². The molecule has 2 aromatic rings. The summed E-state index contributed by atoms with van der Waals surface area (Å²) in [5.41, 5.74) is 2.43. The van der Waals surface area contributed by atoms with Crippen LogP contribution < -0.4 is 10.2 Å². The molecule has 0 unspecified atom stereocenters. The van der Waals surface area contributed by atoms with Gasteiger partial charge < -0.3 is 20.1 Å². The van der Waals surface area contributed by atoms with Gasteiger partial charge in [-0.15, -0.1) is 11.3 Å². The van der Waals surface area contributed by atoms with E-state index in [0.29, 0.717) is 10.6 Å². The lowest BCUT2D eigenvalue weighted by molar-refractivity contribution is -0.117. The fourth-order valence-corrected chi connectivity index (χ4v) is 5.69. The largest absolute Gasteiger partial charge is 0.506 e. The van der Waals surface area contributed by atoms with Gasteiger partial charge in [0, 0.05) is 31.1 Å². The number of aryl methyl sites for hydroxylation is 1. The number of para-hydroxylation sites is 2. The summed E-state index contributed by atoms with van der Waals surface area (Å²) < 4.78 is 5.02. The Hall–Kier alpha value is -2.58. The first kappa shape index (κ1) is 21.6. The lowest BCUT2D eigenvalue weighted by Crippen LogP contribution is -2.48. The molecule has 1 aromatic heterocycles. The Morgan fingerprint density at radius 3 is 2.58 bits per heavy atom. The summed E-state index contributed by atoms with van der Waals surface area (Å²) in [5.74, 6) is -0.204. The number of fused-ring (bicyclic) bond motifs is 1. The smallest absolute Gasteiger partial charge is 0.341 e. The number of benzene rings is 1. The van der Waals surface area contributed by atoms with Crippen LogP contribution in [-0.2, 0) is 22.4 Å². The fourth-order valence-electron chi connectivity index (χ4n) is 4.40. The van der Waals surface area contributed by atoms with Crippen molar-refractivity contribution in [3.8, 4) is 5.75 Å². The van der Waals surface area contributed by atoms with Crippen molar-refractivity contribution in [2.24, 2.45) is 0 Å². The lowest BCUT2D eigenvalue weighted by Gasteiger charge is -2.35. The highest BCUT2D eigenvalue weighted by molar-refractivity contribution is 7.17. The number of rotatable bonds is 5. The molecule has 2 heterocycles. The number of phenols is 1. The van der Waals surface area contributed by atoms with Gasteiger partial charge in [-0.1, -0.05) is 18.6 Å². The number of hydrogen-bond donors (Lipinski definition) is 2. The molecule has 0 radical (unpaired) electrons. The monoisotopic (exact) mass is 443 g/mol. The van der Waals surface area contributed by atoms with Crippen LogP contribution in [0.15, 0.2) is 24.3 Å². The summed E-state index contributed by atoms with van der Waals surface area (Å²) in [6.07, 6.45) is 5.15. The second-order valence-electron chi connectivity index (χ2n) is 8.06. The third-order valence-electron chi connectivity index (χ3n) is 6.03. The minimum Gasteiger partial charge on any atom is -0.506 e. The van der Waals surface area contributed by atoms with Gasteiger partial charge in [0.2, 0.25) is 5.91 Å². The Morgan fingerprint density at radius 2 is 1.84 bits per heavy atom. The lowest BCUT2D eigenvalue weighted by atomic mass is 10.1. The van der Waals surface area contributed by atoms with Crippen molar-refractivity contribution in [3.05, 3.63) is 40.3 Å². The van der Waals surface area contributed by atoms with Crippen molar-refractivity contribution >= 4 is 33.9 Å². The Morgan fingerprint density at radius 1 is 1.10 bits per heavy atom. The molecule has 31 heavy (non-hydrogen) atoms. The molecule has 1 aliphatic carbocycles. The van der Waals surface area contributed by atoms with E-state index in [1.54, 1.807) is 6.07 Å². The molecule has 1 aromatic carbocycles. The summed E-state index contributed by atoms with van der Waals surface area (Å²) in [6.45, 7) is 3.22. The molecule has 8 heteroatoms. The molecule has 1 fully saturated rings. The van der Waals surface area contributed by atoms with Gasteiger partial charge in [0.05, 0.1) is 24.9 Å². The van der Waals surface area contributed by atoms with Gasteiger partial charge in [0.25, 0.3) is 0 Å². The third-order valence-corrected chi connectivity index (χ3v) is 7.23. The van der Waals surface area contributed by atoms with E-state index in [2.05, 4.69) is 15.1 Å². The quantitative estimate of drug-likeness (QED) is 0.545. The van der Waals surface area contributed by atoms with Crippen LogP contribution in [0, 0.1) is 0 Å². The number of anilines is 2. The summed E-state index contributed by atoms with van der Waals surface area (Å²) >= 11 is 1.52. The highest BCUT2D eigenvalue weighted by atomic mass is 32.1. The molecule has 1 amide bonds. The number of phenolic OH excluding ortho intramolecular Hbond substituents is 1. The maximum atomic E-state index is 12.8. The minimum atomic E-state index is -0.369. The number of methoxy groups -OCH3 is 1. The number of carbonyl (C=O) groups excluding carboxylic acids is 2. The highest BCUT2D eigenvalue weighted by Gasteiger charge is 2.27. The number of hydrogen-bond acceptors (Lipinski definition) is 7. The topological polar surface area (TPSA) is 82.1 Å². The van der Waals surface area contributed by atoms with Gasteiger partial charge in [0.1, 0.15) is 10.8 Å². The average molecular weight is 444 g/mol. The third kappa shape index (κ3) is 4.85. The normalized spacial score (nSPS) is 17.0. The first-order chi connectivity index (χ1) is 15.1. The maximum absolute atomic E-state index is 12.8. The summed E-state index contributed by atoms with van der Waals surface area (Å²) in [6, 6.07) is 7.33. The van der Waals surface area contributed by atoms with Crippen molar-refractivity contribution in [2.75, 3.05) is 50.1 Å². The maximum Gasteiger partial charge on any atom is 0.341 e. The van der Waals surface area contributed by atoms with Gasteiger partial charge in [-0.05, 0) is 43.4 Å². The van der Waals surface area contributed by atoms with Crippen LogP contribution in [0.1, 0.15) is 40.1 Å². The highest BCUT2D eigenvalue weighted by Crippen LogP contribution is 2.38. The number of piperazine rings is 1. The molecule has 1 saturated heterocycles. The number of esters is 1. The van der Waals surface area contributed by atoms with Crippen molar-refractivity contribution in [1.82, 2.24) is 4.90 Å². The van der Waals surface area contributed by atoms with Crippen LogP contribution >= 0.6 is 11.3 Å². The van der Waals surface area contributed by atoms with E-state index in [9.17, 15) is 14.7 Å². The van der Waals surface area contributed by atoms with E-state index >= 15 is 0 Å². The summed E-state index contributed by atoms with van der Waals surface area (Å²) in [5, 5.41) is 13.7. The van der Waals surface area contributed by atoms with Crippen molar-refractivity contribution in [3.63, 3.8) is 0 Å². The molecule has 166 valence electrons. The second-order valence-corrected chi connectivity index (χ2v) is 9.17. The minimum absolute atomic E-state index is 0.113. The first-order valence-electron chi connectivity index (χ1n) is 10.8. The Balaban J connectivity index is 1.38. The van der Waals surface area contributed by atoms with Crippen LogP contribution in [0.3, 0.4) is 0 Å². The number of nitrogens with one attached hydrogen (secondary N) is 1. The molecule has 2 N–H and O–H groups in total. The van der Waals surface area contributed by atoms with Crippen molar-refractivity contribution < 1.29 is 19.4 Å². The number of thiophene rings is 1. The van der Waals surface area contributed by atoms with E-state index in [-0.39, 0.29) is 24.2 Å². The molecule has 1 aliphatic heterocycles. The van der Waals surface area contributed by atoms with Crippen LogP contribution in [0.4, 0.5) is 10.7 Å². The Bertz CT molecular complexity index is 950. The van der Waals surface area contributed by atoms with Crippen molar-refractivity contribution in [2.45, 2.75) is 32.1 Å². The summed E-state index contributed by atoms with van der Waals surface area (Å²) in [4.78, 5) is 30.7.